The molecule has 1 aromatic heterocycles. The molecular weight excluding hydrogens is 342 g/mol. The third kappa shape index (κ3) is 3.14. The fraction of sp³-hybridized carbons (Fsp3) is 0.176. The molecule has 134 valence electrons. The Morgan fingerprint density at radius 3 is 2.23 bits per heavy atom. The van der Waals surface area contributed by atoms with Crippen LogP contribution in [0.3, 0.4) is 0 Å². The summed E-state index contributed by atoms with van der Waals surface area (Å²) in [5, 5.41) is 15.1. The van der Waals surface area contributed by atoms with Gasteiger partial charge in [-0.05, 0) is 30.3 Å². The lowest BCUT2D eigenvalue weighted by Crippen LogP contribution is -1.94. The van der Waals surface area contributed by atoms with E-state index in [-0.39, 0.29) is 17.3 Å². The van der Waals surface area contributed by atoms with Crippen LogP contribution in [0.25, 0.3) is 22.8 Å². The maximum absolute atomic E-state index is 11.2. The van der Waals surface area contributed by atoms with E-state index in [0.717, 1.165) is 0 Å². The first-order valence-electron chi connectivity index (χ1n) is 7.46. The molecule has 2 aromatic carbocycles. The van der Waals surface area contributed by atoms with Gasteiger partial charge in [0.05, 0.1) is 26.3 Å². The van der Waals surface area contributed by atoms with Crippen LogP contribution in [-0.2, 0) is 0 Å². The van der Waals surface area contributed by atoms with Crippen LogP contribution in [0.2, 0.25) is 0 Å². The second-order valence-corrected chi connectivity index (χ2v) is 5.14. The van der Waals surface area contributed by atoms with E-state index in [9.17, 15) is 10.1 Å². The van der Waals surface area contributed by atoms with Crippen molar-refractivity contribution >= 4 is 5.69 Å². The molecule has 3 rings (SSSR count). The number of hydrogen-bond donors (Lipinski definition) is 0. The summed E-state index contributed by atoms with van der Waals surface area (Å²) in [7, 11) is 4.43. The molecule has 0 unspecified atom stereocenters. The summed E-state index contributed by atoms with van der Waals surface area (Å²) in [4.78, 5) is 14.9. The van der Waals surface area contributed by atoms with E-state index in [0.29, 0.717) is 28.5 Å². The van der Waals surface area contributed by atoms with Gasteiger partial charge in [0.2, 0.25) is 5.82 Å². The van der Waals surface area contributed by atoms with Crippen LogP contribution in [0.1, 0.15) is 0 Å². The van der Waals surface area contributed by atoms with Gasteiger partial charge in [-0.1, -0.05) is 5.16 Å². The van der Waals surface area contributed by atoms with Gasteiger partial charge in [0, 0.05) is 17.2 Å². The molecule has 0 fully saturated rings. The normalized spacial score (nSPS) is 10.4. The molecule has 0 saturated heterocycles. The Labute approximate surface area is 148 Å². The minimum absolute atomic E-state index is 0.151. The van der Waals surface area contributed by atoms with Crippen molar-refractivity contribution in [2.75, 3.05) is 21.3 Å². The zero-order valence-electron chi connectivity index (χ0n) is 14.3. The zero-order chi connectivity index (χ0) is 18.7. The Hall–Kier alpha value is -3.62. The highest BCUT2D eigenvalue weighted by Gasteiger charge is 2.19. The fourth-order valence-corrected chi connectivity index (χ4v) is 2.40. The second kappa shape index (κ2) is 7.09. The number of nitro groups is 1. The molecule has 1 heterocycles. The molecule has 0 aliphatic rings. The first kappa shape index (κ1) is 17.2. The predicted octanol–water partition coefficient (Wildman–Crippen LogP) is 3.34. The molecular formula is C17H15N3O6. The molecule has 0 radical (unpaired) electrons. The Morgan fingerprint density at radius 2 is 1.58 bits per heavy atom. The Kier molecular flexibility index (Phi) is 4.70. The summed E-state index contributed by atoms with van der Waals surface area (Å²) in [5.74, 6) is 1.72. The SMILES string of the molecule is COc1ccc(-c2noc(-c3ccc(OC)c([N+](=O)[O-])c3)n2)cc1OC. The third-order valence-corrected chi connectivity index (χ3v) is 3.69. The first-order chi connectivity index (χ1) is 12.6. The number of benzene rings is 2. The van der Waals surface area contributed by atoms with E-state index in [1.54, 1.807) is 31.4 Å². The van der Waals surface area contributed by atoms with Gasteiger partial charge in [-0.2, -0.15) is 4.98 Å². The minimum atomic E-state index is -0.534. The average molecular weight is 357 g/mol. The summed E-state index contributed by atoms with van der Waals surface area (Å²) in [6, 6.07) is 9.61. The molecule has 3 aromatic rings. The Balaban J connectivity index is 1.98. The molecule has 26 heavy (non-hydrogen) atoms. The third-order valence-electron chi connectivity index (χ3n) is 3.69. The van der Waals surface area contributed by atoms with Crippen LogP contribution in [-0.4, -0.2) is 36.4 Å². The van der Waals surface area contributed by atoms with Gasteiger partial charge in [0.15, 0.2) is 17.2 Å². The number of nitro benzene ring substituents is 1. The van der Waals surface area contributed by atoms with Gasteiger partial charge in [0.1, 0.15) is 0 Å². The topological polar surface area (TPSA) is 110 Å². The fourth-order valence-electron chi connectivity index (χ4n) is 2.40. The smallest absolute Gasteiger partial charge is 0.311 e. The summed E-state index contributed by atoms with van der Waals surface area (Å²) in [6.45, 7) is 0. The highest BCUT2D eigenvalue weighted by molar-refractivity contribution is 5.66. The van der Waals surface area contributed by atoms with E-state index < -0.39 is 4.92 Å². The monoisotopic (exact) mass is 357 g/mol. The van der Waals surface area contributed by atoms with Crippen molar-refractivity contribution in [3.05, 3.63) is 46.5 Å². The Bertz CT molecular complexity index is 953. The van der Waals surface area contributed by atoms with Crippen LogP contribution in [0.5, 0.6) is 17.2 Å². The summed E-state index contributed by atoms with van der Waals surface area (Å²) in [6.07, 6.45) is 0. The lowest BCUT2D eigenvalue weighted by atomic mass is 10.1. The van der Waals surface area contributed by atoms with Gasteiger partial charge in [-0.3, -0.25) is 10.1 Å². The lowest BCUT2D eigenvalue weighted by molar-refractivity contribution is -0.385. The molecule has 0 N–H and O–H groups in total. The van der Waals surface area contributed by atoms with Gasteiger partial charge < -0.3 is 18.7 Å². The van der Waals surface area contributed by atoms with Crippen LogP contribution in [0.15, 0.2) is 40.9 Å². The van der Waals surface area contributed by atoms with Gasteiger partial charge >= 0.3 is 5.69 Å². The molecule has 0 spiro atoms. The number of nitrogens with zero attached hydrogens (tertiary/aromatic N) is 3. The maximum atomic E-state index is 11.2. The molecule has 0 saturated carbocycles. The van der Waals surface area contributed by atoms with Gasteiger partial charge in [-0.15, -0.1) is 0 Å². The number of rotatable bonds is 6. The van der Waals surface area contributed by atoms with Crippen LogP contribution >= 0.6 is 0 Å². The van der Waals surface area contributed by atoms with E-state index in [1.807, 2.05) is 0 Å². The molecule has 0 aliphatic heterocycles. The van der Waals surface area contributed by atoms with Crippen molar-refractivity contribution < 1.29 is 23.7 Å². The molecule has 9 heteroatoms. The van der Waals surface area contributed by atoms with Gasteiger partial charge in [0.25, 0.3) is 5.89 Å². The van der Waals surface area contributed by atoms with E-state index in [2.05, 4.69) is 10.1 Å². The van der Waals surface area contributed by atoms with Crippen molar-refractivity contribution in [2.24, 2.45) is 0 Å². The van der Waals surface area contributed by atoms with E-state index in [4.69, 9.17) is 18.7 Å². The van der Waals surface area contributed by atoms with Crippen molar-refractivity contribution in [1.82, 2.24) is 10.1 Å². The zero-order valence-corrected chi connectivity index (χ0v) is 14.3. The summed E-state index contributed by atoms with van der Waals surface area (Å²) in [5.41, 5.74) is 0.883. The Morgan fingerprint density at radius 1 is 0.923 bits per heavy atom. The number of ether oxygens (including phenoxy) is 3. The van der Waals surface area contributed by atoms with Gasteiger partial charge in [-0.25, -0.2) is 0 Å². The first-order valence-corrected chi connectivity index (χ1v) is 7.46. The molecule has 0 atom stereocenters. The molecule has 0 aliphatic carbocycles. The number of hydrogen-bond acceptors (Lipinski definition) is 8. The summed E-state index contributed by atoms with van der Waals surface area (Å²) >= 11 is 0. The van der Waals surface area contributed by atoms with Crippen molar-refractivity contribution in [3.8, 4) is 40.1 Å². The molecule has 9 nitrogen and oxygen atoms in total. The average Bonchev–Trinajstić information content (AvgIpc) is 3.17. The van der Waals surface area contributed by atoms with Crippen LogP contribution in [0.4, 0.5) is 5.69 Å². The maximum Gasteiger partial charge on any atom is 0.311 e. The summed E-state index contributed by atoms with van der Waals surface area (Å²) < 4.78 is 20.7. The van der Waals surface area contributed by atoms with E-state index >= 15 is 0 Å². The molecule has 0 bridgehead atoms. The minimum Gasteiger partial charge on any atom is -0.493 e. The largest absolute Gasteiger partial charge is 0.493 e. The standard InChI is InChI=1S/C17H15N3O6/c1-23-13-6-5-11(8-12(13)20(21)22)17-18-16(19-26-17)10-4-7-14(24-2)15(9-10)25-3/h4-9H,1-3H3. The van der Waals surface area contributed by atoms with E-state index in [1.165, 1.54) is 26.4 Å². The van der Waals surface area contributed by atoms with Crippen LogP contribution < -0.4 is 14.2 Å². The van der Waals surface area contributed by atoms with Crippen molar-refractivity contribution in [2.45, 2.75) is 0 Å². The lowest BCUT2D eigenvalue weighted by Gasteiger charge is -2.07. The quantitative estimate of drug-likeness (QED) is 0.488. The van der Waals surface area contributed by atoms with Crippen molar-refractivity contribution in [3.63, 3.8) is 0 Å². The van der Waals surface area contributed by atoms with Crippen LogP contribution in [0, 0.1) is 10.1 Å². The second-order valence-electron chi connectivity index (χ2n) is 5.14. The van der Waals surface area contributed by atoms with Crippen molar-refractivity contribution in [1.29, 1.82) is 0 Å². The predicted molar refractivity (Wildman–Crippen MR) is 91.5 cm³/mol. The highest BCUT2D eigenvalue weighted by atomic mass is 16.6. The number of methoxy groups -OCH3 is 3. The molecule has 0 amide bonds. The highest BCUT2D eigenvalue weighted by Crippen LogP contribution is 2.34. The number of aromatic nitrogens is 2.